The van der Waals surface area contributed by atoms with Crippen molar-refractivity contribution < 1.29 is 19.4 Å². The third-order valence-electron chi connectivity index (χ3n) is 2.62. The summed E-state index contributed by atoms with van der Waals surface area (Å²) in [6.07, 6.45) is 0. The zero-order chi connectivity index (χ0) is 15.2. The van der Waals surface area contributed by atoms with Gasteiger partial charge in [-0.1, -0.05) is 35.3 Å². The van der Waals surface area contributed by atoms with Crippen LogP contribution in [0, 0.1) is 0 Å². The smallest absolute Gasteiger partial charge is 0.339 e. The molecule has 0 aromatic heterocycles. The Morgan fingerprint density at radius 3 is 2.43 bits per heavy atom. The predicted octanol–water partition coefficient (Wildman–Crippen LogP) is 4.15. The Morgan fingerprint density at radius 2 is 1.71 bits per heavy atom. The molecule has 0 spiro atoms. The Balaban J connectivity index is 1.87. The lowest BCUT2D eigenvalue weighted by molar-refractivity contribution is 0.0691. The molecule has 4 nitrogen and oxygen atoms in total. The molecule has 0 bridgehead atoms. The molecule has 2 aromatic rings. The van der Waals surface area contributed by atoms with E-state index in [9.17, 15) is 4.79 Å². The standard InChI is InChI=1S/C15H12Cl2O4/c16-12-6-5-10(9-13(12)17)20-7-8-21-14-4-2-1-3-11(14)15(18)19/h1-6,9H,7-8H2,(H,18,19). The number of ether oxygens (including phenoxy) is 2. The molecule has 6 heteroatoms. The predicted molar refractivity (Wildman–Crippen MR) is 80.9 cm³/mol. The molecule has 1 N–H and O–H groups in total. The van der Waals surface area contributed by atoms with E-state index in [0.29, 0.717) is 21.5 Å². The molecule has 0 saturated carbocycles. The van der Waals surface area contributed by atoms with Crippen LogP contribution in [0.4, 0.5) is 0 Å². The SMILES string of the molecule is O=C(O)c1ccccc1OCCOc1ccc(Cl)c(Cl)c1. The zero-order valence-electron chi connectivity index (χ0n) is 10.9. The van der Waals surface area contributed by atoms with Crippen molar-refractivity contribution in [2.24, 2.45) is 0 Å². The summed E-state index contributed by atoms with van der Waals surface area (Å²) in [7, 11) is 0. The Bertz CT molecular complexity index is 643. The van der Waals surface area contributed by atoms with E-state index >= 15 is 0 Å². The van der Waals surface area contributed by atoms with E-state index in [2.05, 4.69) is 0 Å². The van der Waals surface area contributed by atoms with Crippen LogP contribution in [0.15, 0.2) is 42.5 Å². The summed E-state index contributed by atoms with van der Waals surface area (Å²) < 4.78 is 10.9. The molecule has 110 valence electrons. The summed E-state index contributed by atoms with van der Waals surface area (Å²) in [6, 6.07) is 11.4. The van der Waals surface area contributed by atoms with Gasteiger partial charge in [-0.3, -0.25) is 0 Å². The van der Waals surface area contributed by atoms with Gasteiger partial charge >= 0.3 is 5.97 Å². The first-order valence-electron chi connectivity index (χ1n) is 6.11. The number of rotatable bonds is 6. The van der Waals surface area contributed by atoms with E-state index in [-0.39, 0.29) is 18.8 Å². The summed E-state index contributed by atoms with van der Waals surface area (Å²) in [4.78, 5) is 11.0. The first-order chi connectivity index (χ1) is 10.1. The molecular weight excluding hydrogens is 315 g/mol. The highest BCUT2D eigenvalue weighted by molar-refractivity contribution is 6.42. The third kappa shape index (κ3) is 4.28. The average Bonchev–Trinajstić information content (AvgIpc) is 2.47. The van der Waals surface area contributed by atoms with Gasteiger partial charge in [-0.25, -0.2) is 4.79 Å². The van der Waals surface area contributed by atoms with Gasteiger partial charge in [-0.15, -0.1) is 0 Å². The fourth-order valence-corrected chi connectivity index (χ4v) is 1.94. The second kappa shape index (κ2) is 7.20. The lowest BCUT2D eigenvalue weighted by Gasteiger charge is -2.10. The molecule has 0 aliphatic carbocycles. The van der Waals surface area contributed by atoms with Crippen molar-refractivity contribution in [2.45, 2.75) is 0 Å². The largest absolute Gasteiger partial charge is 0.490 e. The molecule has 21 heavy (non-hydrogen) atoms. The van der Waals surface area contributed by atoms with Crippen LogP contribution in [0.2, 0.25) is 10.0 Å². The fraction of sp³-hybridized carbons (Fsp3) is 0.133. The number of hydrogen-bond acceptors (Lipinski definition) is 3. The summed E-state index contributed by atoms with van der Waals surface area (Å²) in [5, 5.41) is 9.88. The molecule has 0 fully saturated rings. The number of halogens is 2. The van der Waals surface area contributed by atoms with Crippen LogP contribution in [0.1, 0.15) is 10.4 Å². The van der Waals surface area contributed by atoms with Crippen molar-refractivity contribution in [1.29, 1.82) is 0 Å². The average molecular weight is 327 g/mol. The molecule has 0 amide bonds. The lowest BCUT2D eigenvalue weighted by Crippen LogP contribution is -2.11. The lowest BCUT2D eigenvalue weighted by atomic mass is 10.2. The van der Waals surface area contributed by atoms with Crippen LogP contribution in [-0.4, -0.2) is 24.3 Å². The number of carboxylic acid groups (broad SMARTS) is 1. The van der Waals surface area contributed by atoms with Crippen molar-refractivity contribution in [3.05, 3.63) is 58.1 Å². The highest BCUT2D eigenvalue weighted by Gasteiger charge is 2.09. The minimum absolute atomic E-state index is 0.118. The topological polar surface area (TPSA) is 55.8 Å². The Morgan fingerprint density at radius 1 is 1.00 bits per heavy atom. The number of hydrogen-bond donors (Lipinski definition) is 1. The quantitative estimate of drug-likeness (QED) is 0.810. The molecule has 0 saturated heterocycles. The van der Waals surface area contributed by atoms with E-state index in [1.54, 1.807) is 36.4 Å². The van der Waals surface area contributed by atoms with E-state index < -0.39 is 5.97 Å². The Hall–Kier alpha value is -1.91. The molecular formula is C15H12Cl2O4. The van der Waals surface area contributed by atoms with Crippen LogP contribution in [-0.2, 0) is 0 Å². The fourth-order valence-electron chi connectivity index (χ4n) is 1.65. The molecule has 2 rings (SSSR count). The van der Waals surface area contributed by atoms with Gasteiger partial charge in [0.2, 0.25) is 0 Å². The maximum Gasteiger partial charge on any atom is 0.339 e. The van der Waals surface area contributed by atoms with Gasteiger partial charge in [0.05, 0.1) is 10.0 Å². The van der Waals surface area contributed by atoms with Crippen LogP contribution < -0.4 is 9.47 Å². The van der Waals surface area contributed by atoms with Crippen molar-refractivity contribution in [2.75, 3.05) is 13.2 Å². The van der Waals surface area contributed by atoms with Crippen LogP contribution in [0.5, 0.6) is 11.5 Å². The summed E-state index contributed by atoms with van der Waals surface area (Å²) in [6.45, 7) is 0.469. The second-order valence-electron chi connectivity index (χ2n) is 4.07. The second-order valence-corrected chi connectivity index (χ2v) is 4.89. The molecule has 0 unspecified atom stereocenters. The van der Waals surface area contributed by atoms with Gasteiger partial charge in [0.1, 0.15) is 30.3 Å². The normalized spacial score (nSPS) is 10.2. The Labute approximate surface area is 131 Å². The summed E-state index contributed by atoms with van der Waals surface area (Å²) >= 11 is 11.7. The van der Waals surface area contributed by atoms with E-state index in [1.165, 1.54) is 6.07 Å². The number of benzene rings is 2. The molecule has 0 heterocycles. The summed E-state index contributed by atoms with van der Waals surface area (Å²) in [5.41, 5.74) is 0.118. The van der Waals surface area contributed by atoms with E-state index in [1.807, 2.05) is 0 Å². The first kappa shape index (κ1) is 15.5. The van der Waals surface area contributed by atoms with Crippen molar-refractivity contribution in [3.63, 3.8) is 0 Å². The minimum atomic E-state index is -1.03. The Kier molecular flexibility index (Phi) is 5.31. The molecule has 2 aromatic carbocycles. The van der Waals surface area contributed by atoms with Crippen LogP contribution in [0.25, 0.3) is 0 Å². The van der Waals surface area contributed by atoms with Crippen molar-refractivity contribution in [3.8, 4) is 11.5 Å². The highest BCUT2D eigenvalue weighted by Crippen LogP contribution is 2.26. The van der Waals surface area contributed by atoms with Crippen LogP contribution in [0.3, 0.4) is 0 Å². The first-order valence-corrected chi connectivity index (χ1v) is 6.86. The third-order valence-corrected chi connectivity index (χ3v) is 3.36. The highest BCUT2D eigenvalue weighted by atomic mass is 35.5. The van der Waals surface area contributed by atoms with Gasteiger partial charge in [0.25, 0.3) is 0 Å². The monoisotopic (exact) mass is 326 g/mol. The van der Waals surface area contributed by atoms with Crippen molar-refractivity contribution >= 4 is 29.2 Å². The minimum Gasteiger partial charge on any atom is -0.490 e. The van der Waals surface area contributed by atoms with E-state index in [0.717, 1.165) is 0 Å². The zero-order valence-corrected chi connectivity index (χ0v) is 12.4. The van der Waals surface area contributed by atoms with Gasteiger partial charge in [0, 0.05) is 6.07 Å². The summed E-state index contributed by atoms with van der Waals surface area (Å²) in [5.74, 6) is -0.154. The molecule has 0 radical (unpaired) electrons. The van der Waals surface area contributed by atoms with Gasteiger partial charge < -0.3 is 14.6 Å². The maximum atomic E-state index is 11.0. The van der Waals surface area contributed by atoms with E-state index in [4.69, 9.17) is 37.8 Å². The number of para-hydroxylation sites is 1. The van der Waals surface area contributed by atoms with Crippen molar-refractivity contribution in [1.82, 2.24) is 0 Å². The number of carbonyl (C=O) groups is 1. The van der Waals surface area contributed by atoms with Crippen LogP contribution >= 0.6 is 23.2 Å². The molecule has 0 atom stereocenters. The molecule has 0 aliphatic rings. The molecule has 0 aliphatic heterocycles. The van der Waals surface area contributed by atoms with Gasteiger partial charge in [-0.05, 0) is 24.3 Å². The van der Waals surface area contributed by atoms with Gasteiger partial charge in [-0.2, -0.15) is 0 Å². The maximum absolute atomic E-state index is 11.0. The van der Waals surface area contributed by atoms with Gasteiger partial charge in [0.15, 0.2) is 0 Å². The number of aromatic carboxylic acids is 1. The number of carboxylic acids is 1.